The largest absolute Gasteiger partial charge is 0.383 e. The number of aromatic nitrogens is 1. The maximum absolute atomic E-state index is 5.66. The predicted octanol–water partition coefficient (Wildman–Crippen LogP) is 1.01. The van der Waals surface area contributed by atoms with Crippen molar-refractivity contribution >= 4 is 5.82 Å². The van der Waals surface area contributed by atoms with E-state index < -0.39 is 0 Å². The molecule has 0 amide bonds. The quantitative estimate of drug-likeness (QED) is 0.786. The molecule has 1 heterocycles. The summed E-state index contributed by atoms with van der Waals surface area (Å²) < 4.78 is 5.12. The van der Waals surface area contributed by atoms with Crippen LogP contribution < -0.4 is 10.6 Å². The minimum absolute atomic E-state index is 0.287. The normalized spacial score (nSPS) is 12.5. The lowest BCUT2D eigenvalue weighted by Crippen LogP contribution is -2.34. The Labute approximate surface area is 91.1 Å². The lowest BCUT2D eigenvalue weighted by Gasteiger charge is -2.26. The second-order valence-electron chi connectivity index (χ2n) is 3.61. The topological polar surface area (TPSA) is 51.4 Å². The van der Waals surface area contributed by atoms with E-state index in [0.717, 1.165) is 11.4 Å². The number of ether oxygens (including phenoxy) is 1. The van der Waals surface area contributed by atoms with Gasteiger partial charge in [-0.2, -0.15) is 0 Å². The Balaban J connectivity index is 2.84. The zero-order valence-corrected chi connectivity index (χ0v) is 9.60. The number of methoxy groups -OCH3 is 1. The third kappa shape index (κ3) is 2.91. The minimum Gasteiger partial charge on any atom is -0.383 e. The van der Waals surface area contributed by atoms with E-state index in [4.69, 9.17) is 10.5 Å². The molecule has 1 atom stereocenters. The highest BCUT2D eigenvalue weighted by Gasteiger charge is 2.13. The predicted molar refractivity (Wildman–Crippen MR) is 61.9 cm³/mol. The van der Waals surface area contributed by atoms with Crippen LogP contribution >= 0.6 is 0 Å². The van der Waals surface area contributed by atoms with Gasteiger partial charge in [-0.15, -0.1) is 0 Å². The number of nitrogens with zero attached hydrogens (tertiary/aromatic N) is 2. The number of hydrogen-bond acceptors (Lipinski definition) is 4. The Morgan fingerprint density at radius 2 is 2.33 bits per heavy atom. The summed E-state index contributed by atoms with van der Waals surface area (Å²) in [6.45, 7) is 3.28. The SMILES string of the molecule is COCC(C)N(C)c1ncccc1CN. The van der Waals surface area contributed by atoms with E-state index in [0.29, 0.717) is 13.2 Å². The number of rotatable bonds is 5. The van der Waals surface area contributed by atoms with Crippen molar-refractivity contribution < 1.29 is 4.74 Å². The third-order valence-corrected chi connectivity index (χ3v) is 2.49. The summed E-state index contributed by atoms with van der Waals surface area (Å²) in [6.07, 6.45) is 1.78. The number of nitrogens with two attached hydrogens (primary N) is 1. The van der Waals surface area contributed by atoms with Crippen molar-refractivity contribution in [1.82, 2.24) is 4.98 Å². The van der Waals surface area contributed by atoms with Crippen LogP contribution in [0, 0.1) is 0 Å². The smallest absolute Gasteiger partial charge is 0.133 e. The molecule has 0 aliphatic carbocycles. The first kappa shape index (κ1) is 11.9. The van der Waals surface area contributed by atoms with Gasteiger partial charge < -0.3 is 15.4 Å². The minimum atomic E-state index is 0.287. The molecule has 0 spiro atoms. The molecule has 4 nitrogen and oxygen atoms in total. The summed E-state index contributed by atoms with van der Waals surface area (Å²) in [5.74, 6) is 0.935. The fourth-order valence-corrected chi connectivity index (χ4v) is 1.47. The van der Waals surface area contributed by atoms with E-state index in [1.807, 2.05) is 19.2 Å². The fourth-order valence-electron chi connectivity index (χ4n) is 1.47. The maximum atomic E-state index is 5.66. The van der Waals surface area contributed by atoms with Gasteiger partial charge in [-0.1, -0.05) is 6.07 Å². The molecule has 0 fully saturated rings. The Morgan fingerprint density at radius 1 is 1.60 bits per heavy atom. The molecular weight excluding hydrogens is 190 g/mol. The summed E-state index contributed by atoms with van der Waals surface area (Å²) in [6, 6.07) is 4.19. The van der Waals surface area contributed by atoms with Crippen molar-refractivity contribution in [1.29, 1.82) is 0 Å². The fraction of sp³-hybridized carbons (Fsp3) is 0.545. The van der Waals surface area contributed by atoms with Gasteiger partial charge in [-0.3, -0.25) is 0 Å². The highest BCUT2D eigenvalue weighted by Crippen LogP contribution is 2.17. The number of likely N-dealkylation sites (N-methyl/N-ethyl adjacent to an activating group) is 1. The molecule has 1 unspecified atom stereocenters. The highest BCUT2D eigenvalue weighted by molar-refractivity contribution is 5.46. The first-order valence-corrected chi connectivity index (χ1v) is 5.06. The molecule has 1 rings (SSSR count). The molecule has 15 heavy (non-hydrogen) atoms. The van der Waals surface area contributed by atoms with Crippen molar-refractivity contribution in [2.45, 2.75) is 19.5 Å². The van der Waals surface area contributed by atoms with Gasteiger partial charge in [-0.25, -0.2) is 4.98 Å². The van der Waals surface area contributed by atoms with E-state index >= 15 is 0 Å². The van der Waals surface area contributed by atoms with Crippen LogP contribution in [0.3, 0.4) is 0 Å². The summed E-state index contributed by atoms with van der Waals surface area (Å²) in [5.41, 5.74) is 6.72. The molecule has 0 aliphatic rings. The first-order chi connectivity index (χ1) is 7.20. The van der Waals surface area contributed by atoms with Crippen LogP contribution in [-0.2, 0) is 11.3 Å². The highest BCUT2D eigenvalue weighted by atomic mass is 16.5. The Bertz CT molecular complexity index is 304. The monoisotopic (exact) mass is 209 g/mol. The molecule has 0 bridgehead atoms. The van der Waals surface area contributed by atoms with Gasteiger partial charge in [-0.05, 0) is 13.0 Å². The molecule has 1 aromatic rings. The van der Waals surface area contributed by atoms with Crippen LogP contribution in [0.15, 0.2) is 18.3 Å². The molecule has 4 heteroatoms. The Morgan fingerprint density at radius 3 is 2.93 bits per heavy atom. The maximum Gasteiger partial charge on any atom is 0.133 e. The molecule has 0 saturated carbocycles. The van der Waals surface area contributed by atoms with Gasteiger partial charge in [0.1, 0.15) is 5.82 Å². The Kier molecular flexibility index (Phi) is 4.52. The number of anilines is 1. The van der Waals surface area contributed by atoms with Gasteiger partial charge >= 0.3 is 0 Å². The van der Waals surface area contributed by atoms with Crippen molar-refractivity contribution in [2.24, 2.45) is 5.73 Å². The summed E-state index contributed by atoms with van der Waals surface area (Å²) in [4.78, 5) is 6.43. The van der Waals surface area contributed by atoms with Crippen LogP contribution in [0.1, 0.15) is 12.5 Å². The van der Waals surface area contributed by atoms with Crippen molar-refractivity contribution in [2.75, 3.05) is 25.7 Å². The molecule has 0 saturated heterocycles. The molecule has 0 aliphatic heterocycles. The van der Waals surface area contributed by atoms with Crippen molar-refractivity contribution in [3.05, 3.63) is 23.9 Å². The lowest BCUT2D eigenvalue weighted by molar-refractivity contribution is 0.183. The van der Waals surface area contributed by atoms with Gasteiger partial charge in [0.2, 0.25) is 0 Å². The van der Waals surface area contributed by atoms with E-state index in [1.165, 1.54) is 0 Å². The number of pyridine rings is 1. The summed E-state index contributed by atoms with van der Waals surface area (Å²) >= 11 is 0. The van der Waals surface area contributed by atoms with Crippen LogP contribution in [0.2, 0.25) is 0 Å². The molecule has 1 aromatic heterocycles. The zero-order chi connectivity index (χ0) is 11.3. The molecule has 84 valence electrons. The van der Waals surface area contributed by atoms with Crippen LogP contribution in [0.25, 0.3) is 0 Å². The van der Waals surface area contributed by atoms with Crippen molar-refractivity contribution in [3.63, 3.8) is 0 Å². The van der Waals surface area contributed by atoms with Crippen LogP contribution in [-0.4, -0.2) is 31.8 Å². The van der Waals surface area contributed by atoms with E-state index in [2.05, 4.69) is 16.8 Å². The van der Waals surface area contributed by atoms with Crippen LogP contribution in [0.4, 0.5) is 5.82 Å². The average Bonchev–Trinajstić information content (AvgIpc) is 2.28. The summed E-state index contributed by atoms with van der Waals surface area (Å²) in [5, 5.41) is 0. The number of hydrogen-bond donors (Lipinski definition) is 1. The van der Waals surface area contributed by atoms with Crippen LogP contribution in [0.5, 0.6) is 0 Å². The molecule has 0 aromatic carbocycles. The molecule has 2 N–H and O–H groups in total. The summed E-state index contributed by atoms with van der Waals surface area (Å²) in [7, 11) is 3.71. The zero-order valence-electron chi connectivity index (χ0n) is 9.60. The first-order valence-electron chi connectivity index (χ1n) is 5.06. The standard InChI is InChI=1S/C11H19N3O/c1-9(8-15-3)14(2)11-10(7-12)5-4-6-13-11/h4-6,9H,7-8,12H2,1-3H3. The van der Waals surface area contributed by atoms with Crippen molar-refractivity contribution in [3.8, 4) is 0 Å². The Hall–Kier alpha value is -1.13. The third-order valence-electron chi connectivity index (χ3n) is 2.49. The van der Waals surface area contributed by atoms with Gasteiger partial charge in [0, 0.05) is 32.5 Å². The van der Waals surface area contributed by atoms with Gasteiger partial charge in [0.15, 0.2) is 0 Å². The second kappa shape index (κ2) is 5.68. The lowest BCUT2D eigenvalue weighted by atomic mass is 10.2. The van der Waals surface area contributed by atoms with Gasteiger partial charge in [0.25, 0.3) is 0 Å². The van der Waals surface area contributed by atoms with E-state index in [1.54, 1.807) is 13.3 Å². The van der Waals surface area contributed by atoms with E-state index in [-0.39, 0.29) is 6.04 Å². The van der Waals surface area contributed by atoms with E-state index in [9.17, 15) is 0 Å². The average molecular weight is 209 g/mol. The second-order valence-corrected chi connectivity index (χ2v) is 3.61. The molecule has 0 radical (unpaired) electrons. The molecular formula is C11H19N3O. The van der Waals surface area contributed by atoms with Gasteiger partial charge in [0.05, 0.1) is 12.6 Å².